The van der Waals surface area contributed by atoms with E-state index in [-0.39, 0.29) is 5.91 Å². The smallest absolute Gasteiger partial charge is 0.413 e. The van der Waals surface area contributed by atoms with Gasteiger partial charge in [0.15, 0.2) is 0 Å². The van der Waals surface area contributed by atoms with Crippen LogP contribution in [0.3, 0.4) is 0 Å². The second-order valence-electron chi connectivity index (χ2n) is 5.23. The van der Waals surface area contributed by atoms with Gasteiger partial charge in [0.05, 0.1) is 0 Å². The van der Waals surface area contributed by atoms with Gasteiger partial charge in [-0.15, -0.1) is 0 Å². The molecule has 0 radical (unpaired) electrons. The third-order valence-electron chi connectivity index (χ3n) is 3.79. The van der Waals surface area contributed by atoms with Crippen molar-refractivity contribution >= 4 is 12.0 Å². The SMILES string of the molecule is Cc1cc(C)cc(C23CCC=C2OC(=O)NC3=O)c1. The van der Waals surface area contributed by atoms with Gasteiger partial charge in [-0.25, -0.2) is 4.79 Å². The fourth-order valence-corrected chi connectivity index (χ4v) is 3.03. The van der Waals surface area contributed by atoms with E-state index in [0.29, 0.717) is 12.2 Å². The Kier molecular flexibility index (Phi) is 2.49. The number of carbonyl (C=O) groups is 2. The first kappa shape index (κ1) is 12.0. The molecule has 0 spiro atoms. The molecule has 3 rings (SSSR count). The number of allylic oxidation sites excluding steroid dienone is 1. The molecule has 4 nitrogen and oxygen atoms in total. The van der Waals surface area contributed by atoms with E-state index in [9.17, 15) is 9.59 Å². The van der Waals surface area contributed by atoms with E-state index in [0.717, 1.165) is 23.1 Å². The summed E-state index contributed by atoms with van der Waals surface area (Å²) in [4.78, 5) is 23.7. The summed E-state index contributed by atoms with van der Waals surface area (Å²) < 4.78 is 5.21. The Labute approximate surface area is 111 Å². The summed E-state index contributed by atoms with van der Waals surface area (Å²) in [5, 5.41) is 2.29. The van der Waals surface area contributed by atoms with Crippen LogP contribution >= 0.6 is 0 Å². The zero-order valence-electron chi connectivity index (χ0n) is 10.9. The number of imide groups is 1. The number of benzene rings is 1. The summed E-state index contributed by atoms with van der Waals surface area (Å²) in [6, 6.07) is 6.04. The normalized spacial score (nSPS) is 25.5. The Morgan fingerprint density at radius 2 is 1.84 bits per heavy atom. The van der Waals surface area contributed by atoms with Crippen molar-refractivity contribution in [3.8, 4) is 0 Å². The minimum Gasteiger partial charge on any atom is -0.413 e. The average Bonchev–Trinajstić information content (AvgIpc) is 2.72. The summed E-state index contributed by atoms with van der Waals surface area (Å²) in [7, 11) is 0. The van der Waals surface area contributed by atoms with E-state index in [1.54, 1.807) is 0 Å². The largest absolute Gasteiger partial charge is 0.419 e. The van der Waals surface area contributed by atoms with Crippen LogP contribution in [0.2, 0.25) is 0 Å². The first-order chi connectivity index (χ1) is 9.02. The molecule has 1 saturated heterocycles. The monoisotopic (exact) mass is 257 g/mol. The maximum Gasteiger partial charge on any atom is 0.419 e. The molecule has 2 amide bonds. The fraction of sp³-hybridized carbons (Fsp3) is 0.333. The van der Waals surface area contributed by atoms with Gasteiger partial charge in [0.25, 0.3) is 0 Å². The van der Waals surface area contributed by atoms with E-state index < -0.39 is 11.5 Å². The molecule has 1 fully saturated rings. The summed E-state index contributed by atoms with van der Waals surface area (Å²) >= 11 is 0. The Morgan fingerprint density at radius 1 is 1.16 bits per heavy atom. The predicted molar refractivity (Wildman–Crippen MR) is 69.5 cm³/mol. The summed E-state index contributed by atoms with van der Waals surface area (Å²) in [5.74, 6) is 0.198. The fourth-order valence-electron chi connectivity index (χ4n) is 3.03. The van der Waals surface area contributed by atoms with Crippen molar-refractivity contribution in [2.45, 2.75) is 32.1 Å². The predicted octanol–water partition coefficient (Wildman–Crippen LogP) is 2.49. The highest BCUT2D eigenvalue weighted by molar-refractivity contribution is 6.04. The van der Waals surface area contributed by atoms with Crippen molar-refractivity contribution in [2.24, 2.45) is 0 Å². The molecule has 1 aliphatic heterocycles. The minimum atomic E-state index is -0.829. The zero-order chi connectivity index (χ0) is 13.6. The summed E-state index contributed by atoms with van der Waals surface area (Å²) in [5.41, 5.74) is 2.27. The summed E-state index contributed by atoms with van der Waals surface area (Å²) in [6.45, 7) is 4.00. The number of alkyl carbamates (subject to hydrolysis) is 1. The number of amides is 2. The maximum atomic E-state index is 12.4. The summed E-state index contributed by atoms with van der Waals surface area (Å²) in [6.07, 6.45) is 2.54. The van der Waals surface area contributed by atoms with Crippen molar-refractivity contribution < 1.29 is 14.3 Å². The van der Waals surface area contributed by atoms with E-state index in [4.69, 9.17) is 4.74 Å². The van der Waals surface area contributed by atoms with Crippen LogP contribution in [0.5, 0.6) is 0 Å². The van der Waals surface area contributed by atoms with Crippen molar-refractivity contribution in [3.63, 3.8) is 0 Å². The first-order valence-electron chi connectivity index (χ1n) is 6.35. The van der Waals surface area contributed by atoms with Crippen LogP contribution in [0, 0.1) is 13.8 Å². The van der Waals surface area contributed by atoms with Gasteiger partial charge in [0.2, 0.25) is 5.91 Å². The third kappa shape index (κ3) is 1.67. The van der Waals surface area contributed by atoms with Crippen LogP contribution in [-0.4, -0.2) is 12.0 Å². The molecule has 1 aromatic carbocycles. The van der Waals surface area contributed by atoms with Gasteiger partial charge in [-0.3, -0.25) is 10.1 Å². The Balaban J connectivity index is 2.17. The molecule has 98 valence electrons. The second kappa shape index (κ2) is 3.95. The van der Waals surface area contributed by atoms with Crippen LogP contribution in [0.4, 0.5) is 4.79 Å². The molecular formula is C15H15NO3. The highest BCUT2D eigenvalue weighted by atomic mass is 16.6. The number of carbonyl (C=O) groups excluding carboxylic acids is 2. The van der Waals surface area contributed by atoms with Gasteiger partial charge in [-0.2, -0.15) is 0 Å². The molecule has 1 atom stereocenters. The number of nitrogens with one attached hydrogen (secondary N) is 1. The lowest BCUT2D eigenvalue weighted by atomic mass is 9.76. The number of ether oxygens (including phenoxy) is 1. The molecule has 2 aliphatic rings. The number of rotatable bonds is 1. The molecule has 1 aliphatic carbocycles. The van der Waals surface area contributed by atoms with Crippen LogP contribution in [-0.2, 0) is 14.9 Å². The van der Waals surface area contributed by atoms with Crippen LogP contribution in [0.15, 0.2) is 30.0 Å². The average molecular weight is 257 g/mol. The lowest BCUT2D eigenvalue weighted by Crippen LogP contribution is -2.52. The molecule has 1 aromatic rings. The molecule has 0 aromatic heterocycles. The Hall–Kier alpha value is -2.10. The van der Waals surface area contributed by atoms with Crippen LogP contribution < -0.4 is 5.32 Å². The number of aryl methyl sites for hydroxylation is 2. The molecule has 1 unspecified atom stereocenters. The van der Waals surface area contributed by atoms with Gasteiger partial charge in [0.1, 0.15) is 11.2 Å². The van der Waals surface area contributed by atoms with E-state index in [2.05, 4.69) is 11.4 Å². The Morgan fingerprint density at radius 3 is 2.53 bits per heavy atom. The number of hydrogen-bond acceptors (Lipinski definition) is 3. The van der Waals surface area contributed by atoms with E-state index >= 15 is 0 Å². The lowest BCUT2D eigenvalue weighted by molar-refractivity contribution is -0.127. The standard InChI is InChI=1S/C15H15NO3/c1-9-6-10(2)8-11(7-9)15-5-3-4-12(15)19-14(18)16-13(15)17/h4,6-8H,3,5H2,1-2H3,(H,16,17,18). The molecule has 0 bridgehead atoms. The lowest BCUT2D eigenvalue weighted by Gasteiger charge is -2.34. The number of hydrogen-bond donors (Lipinski definition) is 1. The van der Waals surface area contributed by atoms with Crippen molar-refractivity contribution in [1.82, 2.24) is 5.32 Å². The minimum absolute atomic E-state index is 0.280. The van der Waals surface area contributed by atoms with Gasteiger partial charge >= 0.3 is 6.09 Å². The quantitative estimate of drug-likeness (QED) is 0.841. The Bertz CT molecular complexity index is 598. The van der Waals surface area contributed by atoms with Gasteiger partial charge in [0, 0.05) is 0 Å². The number of fused-ring (bicyclic) bond motifs is 1. The first-order valence-corrected chi connectivity index (χ1v) is 6.35. The molecular weight excluding hydrogens is 242 g/mol. The third-order valence-corrected chi connectivity index (χ3v) is 3.79. The molecule has 0 saturated carbocycles. The van der Waals surface area contributed by atoms with Gasteiger partial charge in [-0.05, 0) is 38.3 Å². The topological polar surface area (TPSA) is 55.4 Å². The van der Waals surface area contributed by atoms with E-state index in [1.165, 1.54) is 0 Å². The van der Waals surface area contributed by atoms with Crippen molar-refractivity contribution in [3.05, 3.63) is 46.7 Å². The maximum absolute atomic E-state index is 12.4. The highest BCUT2D eigenvalue weighted by Gasteiger charge is 2.52. The van der Waals surface area contributed by atoms with Gasteiger partial charge < -0.3 is 4.74 Å². The van der Waals surface area contributed by atoms with Crippen LogP contribution in [0.1, 0.15) is 29.5 Å². The molecule has 1 N–H and O–H groups in total. The van der Waals surface area contributed by atoms with E-state index in [1.807, 2.05) is 32.1 Å². The molecule has 4 heteroatoms. The molecule has 1 heterocycles. The second-order valence-corrected chi connectivity index (χ2v) is 5.23. The van der Waals surface area contributed by atoms with Crippen LogP contribution in [0.25, 0.3) is 0 Å². The molecule has 19 heavy (non-hydrogen) atoms. The van der Waals surface area contributed by atoms with Crippen molar-refractivity contribution in [1.29, 1.82) is 0 Å². The van der Waals surface area contributed by atoms with Crippen molar-refractivity contribution in [2.75, 3.05) is 0 Å². The van der Waals surface area contributed by atoms with Gasteiger partial charge in [-0.1, -0.05) is 29.3 Å². The zero-order valence-corrected chi connectivity index (χ0v) is 10.9. The highest BCUT2D eigenvalue weighted by Crippen LogP contribution is 2.45.